The van der Waals surface area contributed by atoms with Crippen LogP contribution in [0.3, 0.4) is 0 Å². The highest BCUT2D eigenvalue weighted by atomic mass is 35.5. The Kier molecular flexibility index (Phi) is 4.41. The monoisotopic (exact) mass is 309 g/mol. The van der Waals surface area contributed by atoms with Crippen molar-refractivity contribution in [3.63, 3.8) is 0 Å². The Bertz CT molecular complexity index is 576. The zero-order valence-electron chi connectivity index (χ0n) is 11.7. The van der Waals surface area contributed by atoms with E-state index in [1.54, 1.807) is 11.3 Å². The molecule has 3 rings (SSSR count). The molecule has 0 spiro atoms. The van der Waals surface area contributed by atoms with Gasteiger partial charge >= 0.3 is 0 Å². The second-order valence-corrected chi connectivity index (χ2v) is 6.89. The Morgan fingerprint density at radius 3 is 2.75 bits per heavy atom. The van der Waals surface area contributed by atoms with E-state index in [2.05, 4.69) is 28.3 Å². The fourth-order valence-electron chi connectivity index (χ4n) is 3.05. The number of hydrogen-bond acceptors (Lipinski definition) is 4. The number of thiophene rings is 1. The third-order valence-electron chi connectivity index (χ3n) is 4.40. The summed E-state index contributed by atoms with van der Waals surface area (Å²) in [6.45, 7) is 3.30. The van der Waals surface area contributed by atoms with E-state index in [1.807, 2.05) is 5.38 Å². The Balaban J connectivity index is 1.64. The fraction of sp³-hybridized carbons (Fsp3) is 0.600. The topological polar surface area (TPSA) is 37.8 Å². The molecule has 0 amide bonds. The molecule has 20 heavy (non-hydrogen) atoms. The third kappa shape index (κ3) is 3.07. The van der Waals surface area contributed by atoms with Crippen molar-refractivity contribution >= 4 is 39.0 Å². The smallest absolute Gasteiger partial charge is 0.225 e. The predicted octanol–water partition coefficient (Wildman–Crippen LogP) is 4.97. The number of halogens is 1. The Morgan fingerprint density at radius 1 is 1.25 bits per heavy atom. The van der Waals surface area contributed by atoms with Crippen LogP contribution in [-0.2, 0) is 0 Å². The molecule has 0 bridgehead atoms. The summed E-state index contributed by atoms with van der Waals surface area (Å²) < 4.78 is 0. The number of rotatable bonds is 4. The molecule has 2 aromatic rings. The number of nitrogens with one attached hydrogen (secondary N) is 1. The largest absolute Gasteiger partial charge is 0.369 e. The average Bonchev–Trinajstić information content (AvgIpc) is 2.93. The molecule has 0 aromatic carbocycles. The van der Waals surface area contributed by atoms with Gasteiger partial charge in [0.25, 0.3) is 0 Å². The number of aromatic nitrogens is 2. The summed E-state index contributed by atoms with van der Waals surface area (Å²) in [5.74, 6) is 2.60. The van der Waals surface area contributed by atoms with Crippen LogP contribution in [0, 0.1) is 11.8 Å². The van der Waals surface area contributed by atoms with Gasteiger partial charge in [-0.3, -0.25) is 0 Å². The van der Waals surface area contributed by atoms with Crippen LogP contribution < -0.4 is 5.32 Å². The zero-order valence-corrected chi connectivity index (χ0v) is 13.3. The second kappa shape index (κ2) is 6.27. The summed E-state index contributed by atoms with van der Waals surface area (Å²) in [5.41, 5.74) is 0. The van der Waals surface area contributed by atoms with Gasteiger partial charge in [-0.15, -0.1) is 11.3 Å². The quantitative estimate of drug-likeness (QED) is 0.810. The minimum Gasteiger partial charge on any atom is -0.369 e. The number of fused-ring (bicyclic) bond motifs is 1. The molecular formula is C15H20ClN3S. The molecule has 1 fully saturated rings. The molecule has 1 aliphatic carbocycles. The van der Waals surface area contributed by atoms with E-state index in [9.17, 15) is 0 Å². The van der Waals surface area contributed by atoms with Crippen molar-refractivity contribution in [1.29, 1.82) is 0 Å². The molecule has 108 valence electrons. The maximum Gasteiger partial charge on any atom is 0.225 e. The van der Waals surface area contributed by atoms with Crippen LogP contribution in [0.2, 0.25) is 5.28 Å². The SMILES string of the molecule is CCC1CCC(CNc2nc(Cl)nc3sccc23)CC1. The van der Waals surface area contributed by atoms with E-state index in [0.717, 1.165) is 34.4 Å². The van der Waals surface area contributed by atoms with Gasteiger partial charge in [-0.05, 0) is 47.7 Å². The van der Waals surface area contributed by atoms with E-state index in [1.165, 1.54) is 32.1 Å². The van der Waals surface area contributed by atoms with Crippen molar-refractivity contribution in [2.75, 3.05) is 11.9 Å². The molecule has 2 aromatic heterocycles. The van der Waals surface area contributed by atoms with Crippen molar-refractivity contribution in [2.24, 2.45) is 11.8 Å². The molecule has 1 saturated carbocycles. The second-order valence-electron chi connectivity index (χ2n) is 5.66. The summed E-state index contributed by atoms with van der Waals surface area (Å²) in [7, 11) is 0. The maximum absolute atomic E-state index is 5.98. The fourth-order valence-corrected chi connectivity index (χ4v) is 4.03. The van der Waals surface area contributed by atoms with E-state index in [0.29, 0.717) is 5.28 Å². The molecule has 2 heterocycles. The summed E-state index contributed by atoms with van der Waals surface area (Å²) in [5, 5.41) is 6.94. The van der Waals surface area contributed by atoms with Crippen LogP contribution in [0.15, 0.2) is 11.4 Å². The summed E-state index contributed by atoms with van der Waals surface area (Å²) >= 11 is 7.59. The first-order valence-electron chi connectivity index (χ1n) is 7.41. The van der Waals surface area contributed by atoms with Crippen molar-refractivity contribution < 1.29 is 0 Å². The van der Waals surface area contributed by atoms with Crippen LogP contribution in [0.5, 0.6) is 0 Å². The lowest BCUT2D eigenvalue weighted by atomic mass is 9.81. The van der Waals surface area contributed by atoms with Crippen molar-refractivity contribution in [3.8, 4) is 0 Å². The van der Waals surface area contributed by atoms with Crippen molar-refractivity contribution in [2.45, 2.75) is 39.0 Å². The van der Waals surface area contributed by atoms with Crippen LogP contribution in [0.25, 0.3) is 10.2 Å². The molecule has 3 nitrogen and oxygen atoms in total. The number of anilines is 1. The minimum atomic E-state index is 0.331. The number of hydrogen-bond donors (Lipinski definition) is 1. The Labute approximate surface area is 128 Å². The first-order valence-corrected chi connectivity index (χ1v) is 8.66. The van der Waals surface area contributed by atoms with Crippen molar-refractivity contribution in [1.82, 2.24) is 9.97 Å². The molecule has 1 aliphatic rings. The summed E-state index contributed by atoms with van der Waals surface area (Å²) in [6, 6.07) is 2.06. The van der Waals surface area contributed by atoms with E-state index in [-0.39, 0.29) is 0 Å². The highest BCUT2D eigenvalue weighted by Gasteiger charge is 2.20. The number of nitrogens with zero attached hydrogens (tertiary/aromatic N) is 2. The first kappa shape index (κ1) is 14.1. The standard InChI is InChI=1S/C15H20ClN3S/c1-2-10-3-5-11(6-4-10)9-17-13-12-7-8-20-14(12)19-15(16)18-13/h7-8,10-11H,2-6,9H2,1H3,(H,17,18,19). The van der Waals surface area contributed by atoms with Gasteiger partial charge in [0, 0.05) is 6.54 Å². The van der Waals surface area contributed by atoms with Gasteiger partial charge in [0.15, 0.2) is 0 Å². The first-order chi connectivity index (χ1) is 9.76. The molecule has 0 unspecified atom stereocenters. The van der Waals surface area contributed by atoms with Crippen LogP contribution in [0.4, 0.5) is 5.82 Å². The molecular weight excluding hydrogens is 290 g/mol. The molecule has 1 N–H and O–H groups in total. The van der Waals surface area contributed by atoms with E-state index >= 15 is 0 Å². The molecule has 0 radical (unpaired) electrons. The Hall–Kier alpha value is -0.870. The lowest BCUT2D eigenvalue weighted by Gasteiger charge is -2.28. The van der Waals surface area contributed by atoms with Gasteiger partial charge in [-0.25, -0.2) is 9.97 Å². The van der Waals surface area contributed by atoms with Crippen LogP contribution >= 0.6 is 22.9 Å². The summed E-state index contributed by atoms with van der Waals surface area (Å²) in [6.07, 6.45) is 6.74. The normalized spacial score (nSPS) is 23.1. The van der Waals surface area contributed by atoms with Gasteiger partial charge in [0.05, 0.1) is 5.39 Å². The minimum absolute atomic E-state index is 0.331. The van der Waals surface area contributed by atoms with Crippen LogP contribution in [-0.4, -0.2) is 16.5 Å². The van der Waals surface area contributed by atoms with Crippen molar-refractivity contribution in [3.05, 3.63) is 16.7 Å². The molecule has 0 atom stereocenters. The van der Waals surface area contributed by atoms with E-state index in [4.69, 9.17) is 11.6 Å². The molecule has 0 aliphatic heterocycles. The zero-order chi connectivity index (χ0) is 13.9. The lowest BCUT2D eigenvalue weighted by molar-refractivity contribution is 0.278. The van der Waals surface area contributed by atoms with Gasteiger partial charge < -0.3 is 5.32 Å². The van der Waals surface area contributed by atoms with Gasteiger partial charge in [0.1, 0.15) is 10.6 Å². The van der Waals surface area contributed by atoms with E-state index < -0.39 is 0 Å². The Morgan fingerprint density at radius 2 is 2.00 bits per heavy atom. The highest BCUT2D eigenvalue weighted by molar-refractivity contribution is 7.16. The van der Waals surface area contributed by atoms with Gasteiger partial charge in [-0.1, -0.05) is 26.2 Å². The predicted molar refractivity (Wildman–Crippen MR) is 86.7 cm³/mol. The maximum atomic E-state index is 5.98. The van der Waals surface area contributed by atoms with Gasteiger partial charge in [-0.2, -0.15) is 0 Å². The lowest BCUT2D eigenvalue weighted by Crippen LogP contribution is -2.21. The molecule has 5 heteroatoms. The van der Waals surface area contributed by atoms with Crippen LogP contribution in [0.1, 0.15) is 39.0 Å². The summed E-state index contributed by atoms with van der Waals surface area (Å²) in [4.78, 5) is 9.54. The third-order valence-corrected chi connectivity index (χ3v) is 5.38. The highest BCUT2D eigenvalue weighted by Crippen LogP contribution is 2.31. The molecule has 0 saturated heterocycles. The average molecular weight is 310 g/mol. The van der Waals surface area contributed by atoms with Gasteiger partial charge in [0.2, 0.25) is 5.28 Å².